The zero-order valence-corrected chi connectivity index (χ0v) is 21.7. The van der Waals surface area contributed by atoms with Crippen LogP contribution in [0.25, 0.3) is 0 Å². The normalized spacial score (nSPS) is 20.6. The van der Waals surface area contributed by atoms with Gasteiger partial charge >= 0.3 is 5.97 Å². The number of carbonyl (C=O) groups is 3. The summed E-state index contributed by atoms with van der Waals surface area (Å²) in [7, 11) is 0. The van der Waals surface area contributed by atoms with Gasteiger partial charge in [-0.25, -0.2) is 9.18 Å². The van der Waals surface area contributed by atoms with Gasteiger partial charge in [-0.1, -0.05) is 35.5 Å². The molecule has 36 heavy (non-hydrogen) atoms. The van der Waals surface area contributed by atoms with E-state index in [2.05, 4.69) is 10.00 Å². The Hall–Kier alpha value is -2.78. The van der Waals surface area contributed by atoms with Crippen LogP contribution in [0.5, 0.6) is 0 Å². The van der Waals surface area contributed by atoms with Gasteiger partial charge in [0.05, 0.1) is 31.0 Å². The summed E-state index contributed by atoms with van der Waals surface area (Å²) < 4.78 is 21.6. The molecule has 7 nitrogen and oxygen atoms in total. The molecule has 4 rings (SSSR count). The minimum Gasteiger partial charge on any atom is -0.462 e. The van der Waals surface area contributed by atoms with Crippen LogP contribution in [0.4, 0.5) is 4.39 Å². The van der Waals surface area contributed by atoms with Gasteiger partial charge < -0.3 is 4.74 Å². The van der Waals surface area contributed by atoms with Gasteiger partial charge in [0.15, 0.2) is 10.9 Å². The SMILES string of the molecule is CCOC(=O)c1cnn(C/C(C)=C2\CN(C(C(=O)C3CC3)c3ccccc3F)CCC2SC(C)=O)c1. The van der Waals surface area contributed by atoms with Crippen molar-refractivity contribution in [1.82, 2.24) is 14.7 Å². The molecule has 1 aliphatic carbocycles. The fraction of sp³-hybridized carbons (Fsp3) is 0.481. The molecule has 9 heteroatoms. The van der Waals surface area contributed by atoms with E-state index in [1.807, 2.05) is 6.92 Å². The average Bonchev–Trinajstić information content (AvgIpc) is 3.59. The number of rotatable bonds is 9. The molecule has 2 aliphatic rings. The smallest absolute Gasteiger partial charge is 0.341 e. The molecule has 2 atom stereocenters. The first-order chi connectivity index (χ1) is 17.3. The first-order valence-corrected chi connectivity index (χ1v) is 13.2. The van der Waals surface area contributed by atoms with Gasteiger partial charge in [0, 0.05) is 42.9 Å². The third kappa shape index (κ3) is 6.13. The number of hydrogen-bond donors (Lipinski definition) is 0. The molecular weight excluding hydrogens is 481 g/mol. The van der Waals surface area contributed by atoms with Crippen LogP contribution in [0.2, 0.25) is 0 Å². The maximum absolute atomic E-state index is 14.9. The fourth-order valence-corrected chi connectivity index (χ4v) is 5.79. The number of likely N-dealkylation sites (tertiary alicyclic amines) is 1. The highest BCUT2D eigenvalue weighted by Gasteiger charge is 2.41. The van der Waals surface area contributed by atoms with Gasteiger partial charge in [0.2, 0.25) is 0 Å². The summed E-state index contributed by atoms with van der Waals surface area (Å²) in [6, 6.07) is 5.86. The van der Waals surface area contributed by atoms with Crippen LogP contribution in [0.1, 0.15) is 62.0 Å². The Morgan fingerprint density at radius 3 is 2.61 bits per heavy atom. The van der Waals surface area contributed by atoms with Crippen molar-refractivity contribution in [3.63, 3.8) is 0 Å². The molecule has 2 heterocycles. The van der Waals surface area contributed by atoms with Gasteiger partial charge in [0.25, 0.3) is 0 Å². The molecular formula is C27H32FN3O4S. The van der Waals surface area contributed by atoms with E-state index in [1.54, 1.807) is 42.9 Å². The van der Waals surface area contributed by atoms with Crippen molar-refractivity contribution in [2.24, 2.45) is 5.92 Å². The maximum atomic E-state index is 14.9. The lowest BCUT2D eigenvalue weighted by atomic mass is 9.92. The summed E-state index contributed by atoms with van der Waals surface area (Å²) >= 11 is 1.29. The van der Waals surface area contributed by atoms with Crippen LogP contribution >= 0.6 is 11.8 Å². The number of hydrogen-bond acceptors (Lipinski definition) is 7. The molecule has 1 aromatic heterocycles. The summed E-state index contributed by atoms with van der Waals surface area (Å²) in [5.41, 5.74) is 2.84. The predicted molar refractivity (Wildman–Crippen MR) is 136 cm³/mol. The molecule has 1 saturated heterocycles. The predicted octanol–water partition coefficient (Wildman–Crippen LogP) is 4.59. The van der Waals surface area contributed by atoms with Crippen molar-refractivity contribution in [2.45, 2.75) is 57.9 Å². The van der Waals surface area contributed by atoms with E-state index in [-0.39, 0.29) is 34.5 Å². The number of aromatic nitrogens is 2. The molecule has 1 saturated carbocycles. The summed E-state index contributed by atoms with van der Waals surface area (Å²) in [6.45, 7) is 7.06. The molecule has 0 spiro atoms. The molecule has 2 fully saturated rings. The van der Waals surface area contributed by atoms with E-state index in [0.29, 0.717) is 37.2 Å². The maximum Gasteiger partial charge on any atom is 0.341 e. The fourth-order valence-electron chi connectivity index (χ4n) is 4.75. The Labute approximate surface area is 215 Å². The third-order valence-electron chi connectivity index (χ3n) is 6.65. The number of thioether (sulfide) groups is 1. The highest BCUT2D eigenvalue weighted by atomic mass is 32.2. The number of nitrogens with zero attached hydrogens (tertiary/aromatic N) is 3. The second-order valence-corrected chi connectivity index (χ2v) is 10.8. The molecule has 0 N–H and O–H groups in total. The van der Waals surface area contributed by atoms with Crippen LogP contribution in [0, 0.1) is 11.7 Å². The van der Waals surface area contributed by atoms with Crippen molar-refractivity contribution in [2.75, 3.05) is 19.7 Å². The molecule has 0 bridgehead atoms. The number of halogens is 1. The largest absolute Gasteiger partial charge is 0.462 e. The first kappa shape index (κ1) is 26.3. The summed E-state index contributed by atoms with van der Waals surface area (Å²) in [5.74, 6) is -0.741. The number of ether oxygens (including phenoxy) is 1. The lowest BCUT2D eigenvalue weighted by molar-refractivity contribution is -0.126. The zero-order chi connectivity index (χ0) is 25.8. The zero-order valence-electron chi connectivity index (χ0n) is 20.9. The third-order valence-corrected chi connectivity index (χ3v) is 7.79. The lowest BCUT2D eigenvalue weighted by Crippen LogP contribution is -2.43. The highest BCUT2D eigenvalue weighted by molar-refractivity contribution is 8.14. The van der Waals surface area contributed by atoms with Crippen molar-refractivity contribution >= 4 is 28.6 Å². The number of piperidine rings is 1. The average molecular weight is 514 g/mol. The molecule has 1 aliphatic heterocycles. The van der Waals surface area contributed by atoms with Gasteiger partial charge in [-0.15, -0.1) is 0 Å². The van der Waals surface area contributed by atoms with Crippen LogP contribution in [-0.2, 0) is 20.9 Å². The lowest BCUT2D eigenvalue weighted by Gasteiger charge is -2.39. The Morgan fingerprint density at radius 1 is 1.19 bits per heavy atom. The van der Waals surface area contributed by atoms with Crippen LogP contribution in [0.3, 0.4) is 0 Å². The Bertz CT molecular complexity index is 1170. The van der Waals surface area contributed by atoms with E-state index in [0.717, 1.165) is 24.0 Å². The van der Waals surface area contributed by atoms with E-state index < -0.39 is 12.0 Å². The quantitative estimate of drug-likeness (QED) is 0.358. The highest BCUT2D eigenvalue weighted by Crippen LogP contribution is 2.41. The van der Waals surface area contributed by atoms with E-state index >= 15 is 0 Å². The van der Waals surface area contributed by atoms with Crippen LogP contribution in [0.15, 0.2) is 47.8 Å². The Morgan fingerprint density at radius 2 is 1.94 bits per heavy atom. The van der Waals surface area contributed by atoms with E-state index in [4.69, 9.17) is 4.74 Å². The van der Waals surface area contributed by atoms with Gasteiger partial charge in [-0.3, -0.25) is 19.2 Å². The number of Topliss-reactive ketones (excluding diaryl/α,β-unsaturated/α-hetero) is 1. The monoisotopic (exact) mass is 513 g/mol. The number of allylic oxidation sites excluding steroid dienone is 1. The van der Waals surface area contributed by atoms with E-state index in [1.165, 1.54) is 24.0 Å². The van der Waals surface area contributed by atoms with Crippen molar-refractivity contribution in [1.29, 1.82) is 0 Å². The molecule has 2 aromatic rings. The van der Waals surface area contributed by atoms with Crippen molar-refractivity contribution < 1.29 is 23.5 Å². The van der Waals surface area contributed by atoms with Crippen molar-refractivity contribution in [3.05, 3.63) is 64.7 Å². The van der Waals surface area contributed by atoms with Crippen LogP contribution in [-0.4, -0.2) is 56.5 Å². The Kier molecular flexibility index (Phi) is 8.41. The molecule has 1 aromatic carbocycles. The topological polar surface area (TPSA) is 81.5 Å². The molecule has 2 unspecified atom stereocenters. The second-order valence-electron chi connectivity index (χ2n) is 9.41. The number of benzene rings is 1. The number of carbonyl (C=O) groups excluding carboxylic acids is 3. The second kappa shape index (κ2) is 11.5. The number of ketones is 1. The first-order valence-electron chi connectivity index (χ1n) is 12.4. The van der Waals surface area contributed by atoms with Crippen molar-refractivity contribution in [3.8, 4) is 0 Å². The summed E-state index contributed by atoms with van der Waals surface area (Å²) in [5, 5.41) is 4.30. The summed E-state index contributed by atoms with van der Waals surface area (Å²) in [6.07, 6.45) is 5.50. The van der Waals surface area contributed by atoms with Gasteiger partial charge in [-0.05, 0) is 44.7 Å². The van der Waals surface area contributed by atoms with Gasteiger partial charge in [0.1, 0.15) is 5.82 Å². The minimum atomic E-state index is -0.648. The summed E-state index contributed by atoms with van der Waals surface area (Å²) in [4.78, 5) is 39.5. The standard InChI is InChI=1S/C27H32FN3O4S/c1-4-35-27(34)20-13-29-31(15-20)14-17(2)22-16-30(12-11-24(22)36-18(3)32)25(26(33)19-9-10-19)21-7-5-6-8-23(21)28/h5-8,13,15,19,24-25H,4,9-12,14,16H2,1-3H3/b22-17+. The Balaban J connectivity index is 1.63. The minimum absolute atomic E-state index is 0.0159. The van der Waals surface area contributed by atoms with E-state index in [9.17, 15) is 18.8 Å². The molecule has 0 amide bonds. The van der Waals surface area contributed by atoms with Crippen LogP contribution < -0.4 is 0 Å². The van der Waals surface area contributed by atoms with Gasteiger partial charge in [-0.2, -0.15) is 5.10 Å². The molecule has 192 valence electrons. The number of esters is 1. The molecule has 0 radical (unpaired) electrons.